The van der Waals surface area contributed by atoms with E-state index in [2.05, 4.69) is 5.32 Å². The van der Waals surface area contributed by atoms with E-state index >= 15 is 0 Å². The first kappa shape index (κ1) is 16.6. The van der Waals surface area contributed by atoms with Gasteiger partial charge in [-0.05, 0) is 12.5 Å². The summed E-state index contributed by atoms with van der Waals surface area (Å²) in [5, 5.41) is 20.4. The number of alkyl carbamates (subject to hydrolysis) is 1. The van der Waals surface area contributed by atoms with Gasteiger partial charge in [0.1, 0.15) is 6.61 Å². The van der Waals surface area contributed by atoms with Crippen molar-refractivity contribution >= 4 is 17.8 Å². The fourth-order valence-electron chi connectivity index (χ4n) is 1.50. The number of aliphatic carboxylic acids is 1. The van der Waals surface area contributed by atoms with E-state index in [1.54, 1.807) is 24.3 Å². The molecule has 0 aromatic heterocycles. The molecule has 2 atom stereocenters. The molecule has 7 nitrogen and oxygen atoms in total. The largest absolute Gasteiger partial charge is 0.475 e. The predicted octanol–water partition coefficient (Wildman–Crippen LogP) is 0.706. The topological polar surface area (TPSA) is 113 Å². The molecular formula is C14H17NO6. The average Bonchev–Trinajstić information content (AvgIpc) is 2.45. The van der Waals surface area contributed by atoms with Crippen LogP contribution in [0.1, 0.15) is 18.9 Å². The van der Waals surface area contributed by atoms with Crippen LogP contribution in [0.4, 0.5) is 4.79 Å². The number of amides is 1. The average molecular weight is 295 g/mol. The molecule has 0 unspecified atom stereocenters. The summed E-state index contributed by atoms with van der Waals surface area (Å²) in [6.07, 6.45) is -2.62. The lowest BCUT2D eigenvalue weighted by Crippen LogP contribution is -2.42. The number of aliphatic hydroxyl groups is 1. The van der Waals surface area contributed by atoms with E-state index in [0.29, 0.717) is 0 Å². The van der Waals surface area contributed by atoms with Crippen molar-refractivity contribution in [3.05, 3.63) is 35.9 Å². The molecule has 21 heavy (non-hydrogen) atoms. The molecule has 0 aliphatic rings. The summed E-state index contributed by atoms with van der Waals surface area (Å²) >= 11 is 0. The minimum absolute atomic E-state index is 0.0730. The van der Waals surface area contributed by atoms with Crippen LogP contribution in [0.15, 0.2) is 30.3 Å². The molecule has 1 aromatic rings. The number of hydrogen-bond donors (Lipinski definition) is 3. The smallest absolute Gasteiger partial charge is 0.407 e. The number of nitrogens with one attached hydrogen (secondary N) is 1. The van der Waals surface area contributed by atoms with Crippen molar-refractivity contribution in [2.75, 3.05) is 0 Å². The standard InChI is InChI=1S/C14H17NO6/c1-9(11(16)7-12(17)13(18)19)15-14(20)21-8-10-5-3-2-4-6-10/h2-6,9,11,16H,7-8H2,1H3,(H,15,20)(H,18,19)/t9-,11+/m0/s1. The Morgan fingerprint density at radius 2 is 1.86 bits per heavy atom. The summed E-state index contributed by atoms with van der Waals surface area (Å²) in [7, 11) is 0. The van der Waals surface area contributed by atoms with Crippen molar-refractivity contribution < 1.29 is 29.3 Å². The minimum Gasteiger partial charge on any atom is -0.475 e. The summed E-state index contributed by atoms with van der Waals surface area (Å²) < 4.78 is 4.94. The number of Topliss-reactive ketones (excluding diaryl/α,β-unsaturated/α-hetero) is 1. The number of rotatable bonds is 7. The van der Waals surface area contributed by atoms with Crippen LogP contribution in [0.25, 0.3) is 0 Å². The molecule has 1 amide bonds. The monoisotopic (exact) mass is 295 g/mol. The highest BCUT2D eigenvalue weighted by molar-refractivity contribution is 6.32. The van der Waals surface area contributed by atoms with Crippen molar-refractivity contribution in [3.63, 3.8) is 0 Å². The number of ether oxygens (including phenoxy) is 1. The zero-order valence-corrected chi connectivity index (χ0v) is 11.5. The lowest BCUT2D eigenvalue weighted by atomic mass is 10.1. The van der Waals surface area contributed by atoms with Crippen LogP contribution in [-0.2, 0) is 20.9 Å². The second kappa shape index (κ2) is 8.01. The molecule has 0 aliphatic heterocycles. The molecule has 0 fully saturated rings. The van der Waals surface area contributed by atoms with Crippen molar-refractivity contribution in [2.24, 2.45) is 0 Å². The highest BCUT2D eigenvalue weighted by Gasteiger charge is 2.23. The first-order valence-electron chi connectivity index (χ1n) is 6.31. The van der Waals surface area contributed by atoms with Gasteiger partial charge in [0.25, 0.3) is 0 Å². The van der Waals surface area contributed by atoms with Crippen LogP contribution < -0.4 is 5.32 Å². The summed E-state index contributed by atoms with van der Waals surface area (Å²) in [5.41, 5.74) is 0.807. The van der Waals surface area contributed by atoms with Gasteiger partial charge in [-0.1, -0.05) is 30.3 Å². The van der Waals surface area contributed by atoms with E-state index in [1.807, 2.05) is 6.07 Å². The lowest BCUT2D eigenvalue weighted by molar-refractivity contribution is -0.150. The maximum atomic E-state index is 11.5. The van der Waals surface area contributed by atoms with Gasteiger partial charge in [-0.2, -0.15) is 0 Å². The van der Waals surface area contributed by atoms with Gasteiger partial charge in [0.2, 0.25) is 5.78 Å². The Morgan fingerprint density at radius 3 is 2.43 bits per heavy atom. The van der Waals surface area contributed by atoms with E-state index in [4.69, 9.17) is 9.84 Å². The molecule has 0 bridgehead atoms. The molecular weight excluding hydrogens is 278 g/mol. The van der Waals surface area contributed by atoms with Gasteiger partial charge in [0.05, 0.1) is 12.1 Å². The van der Waals surface area contributed by atoms with E-state index in [0.717, 1.165) is 5.56 Å². The van der Waals surface area contributed by atoms with Gasteiger partial charge in [-0.3, -0.25) is 4.79 Å². The fourth-order valence-corrected chi connectivity index (χ4v) is 1.50. The van der Waals surface area contributed by atoms with Crippen LogP contribution in [0.2, 0.25) is 0 Å². The number of carbonyl (C=O) groups is 3. The van der Waals surface area contributed by atoms with Gasteiger partial charge in [0, 0.05) is 6.42 Å². The van der Waals surface area contributed by atoms with Crippen LogP contribution in [-0.4, -0.2) is 40.2 Å². The first-order valence-corrected chi connectivity index (χ1v) is 6.31. The van der Waals surface area contributed by atoms with Gasteiger partial charge < -0.3 is 20.3 Å². The van der Waals surface area contributed by atoms with Crippen molar-refractivity contribution in [1.29, 1.82) is 0 Å². The summed E-state index contributed by atoms with van der Waals surface area (Å²) in [6.45, 7) is 1.52. The molecule has 7 heteroatoms. The molecule has 3 N–H and O–H groups in total. The van der Waals surface area contributed by atoms with E-state index in [9.17, 15) is 19.5 Å². The Labute approximate surface area is 121 Å². The first-order chi connectivity index (χ1) is 9.90. The minimum atomic E-state index is -1.62. The highest BCUT2D eigenvalue weighted by atomic mass is 16.5. The fraction of sp³-hybridized carbons (Fsp3) is 0.357. The summed E-state index contributed by atoms with van der Waals surface area (Å²) in [5.74, 6) is -2.73. The Morgan fingerprint density at radius 1 is 1.24 bits per heavy atom. The molecule has 0 heterocycles. The second-order valence-electron chi connectivity index (χ2n) is 4.49. The number of hydrogen-bond acceptors (Lipinski definition) is 5. The third kappa shape index (κ3) is 6.05. The highest BCUT2D eigenvalue weighted by Crippen LogP contribution is 2.03. The third-order valence-electron chi connectivity index (χ3n) is 2.77. The number of carboxylic acids is 1. The Hall–Kier alpha value is -2.41. The summed E-state index contributed by atoms with van der Waals surface area (Å²) in [4.78, 5) is 32.8. The van der Waals surface area contributed by atoms with E-state index < -0.39 is 36.4 Å². The lowest BCUT2D eigenvalue weighted by Gasteiger charge is -2.18. The van der Waals surface area contributed by atoms with Crippen molar-refractivity contribution in [2.45, 2.75) is 32.1 Å². The molecule has 114 valence electrons. The number of carbonyl (C=O) groups excluding carboxylic acids is 2. The molecule has 0 spiro atoms. The SMILES string of the molecule is C[C@H](NC(=O)OCc1ccccc1)[C@H](O)CC(=O)C(=O)O. The maximum absolute atomic E-state index is 11.5. The van der Waals surface area contributed by atoms with Crippen LogP contribution >= 0.6 is 0 Å². The number of aliphatic hydroxyl groups excluding tert-OH is 1. The van der Waals surface area contributed by atoms with Gasteiger partial charge in [-0.25, -0.2) is 9.59 Å². The normalized spacial score (nSPS) is 13.0. The van der Waals surface area contributed by atoms with Crippen LogP contribution in [0.3, 0.4) is 0 Å². The van der Waals surface area contributed by atoms with Crippen LogP contribution in [0, 0.1) is 0 Å². The number of carboxylic acid groups (broad SMARTS) is 1. The van der Waals surface area contributed by atoms with Crippen LogP contribution in [0.5, 0.6) is 0 Å². The van der Waals surface area contributed by atoms with Gasteiger partial charge in [-0.15, -0.1) is 0 Å². The second-order valence-corrected chi connectivity index (χ2v) is 4.49. The maximum Gasteiger partial charge on any atom is 0.407 e. The molecule has 0 saturated heterocycles. The molecule has 0 saturated carbocycles. The van der Waals surface area contributed by atoms with E-state index in [1.165, 1.54) is 6.92 Å². The molecule has 0 radical (unpaired) electrons. The quantitative estimate of drug-likeness (QED) is 0.638. The molecule has 1 aromatic carbocycles. The zero-order valence-electron chi connectivity index (χ0n) is 11.5. The molecule has 0 aliphatic carbocycles. The van der Waals surface area contributed by atoms with Gasteiger partial charge in [0.15, 0.2) is 0 Å². The Bertz CT molecular complexity index is 501. The van der Waals surface area contributed by atoms with Gasteiger partial charge >= 0.3 is 12.1 Å². The van der Waals surface area contributed by atoms with Crippen molar-refractivity contribution in [1.82, 2.24) is 5.32 Å². The third-order valence-corrected chi connectivity index (χ3v) is 2.77. The van der Waals surface area contributed by atoms with Crippen molar-refractivity contribution in [3.8, 4) is 0 Å². The van der Waals surface area contributed by atoms with E-state index in [-0.39, 0.29) is 6.61 Å². The number of benzene rings is 1. The zero-order chi connectivity index (χ0) is 15.8. The molecule has 1 rings (SSSR count). The Balaban J connectivity index is 2.36. The Kier molecular flexibility index (Phi) is 6.35. The summed E-state index contributed by atoms with van der Waals surface area (Å²) in [6, 6.07) is 8.22. The predicted molar refractivity (Wildman–Crippen MR) is 72.5 cm³/mol. The number of ketones is 1.